The summed E-state index contributed by atoms with van der Waals surface area (Å²) in [5.41, 5.74) is 1.28. The number of aromatic nitrogens is 2. The van der Waals surface area contributed by atoms with Crippen molar-refractivity contribution in [1.29, 1.82) is 0 Å². The van der Waals surface area contributed by atoms with Crippen molar-refractivity contribution in [2.75, 3.05) is 20.2 Å². The highest BCUT2D eigenvalue weighted by atomic mass is 35.5. The molecule has 4 rings (SSSR count). The highest BCUT2D eigenvalue weighted by Gasteiger charge is 2.32. The maximum absolute atomic E-state index is 13.4. The molecule has 1 aromatic heterocycles. The molecule has 2 aromatic carbocycles. The first-order valence-electron chi connectivity index (χ1n) is 11.2. The largest absolute Gasteiger partial charge is 0.497 e. The van der Waals surface area contributed by atoms with Gasteiger partial charge in [-0.3, -0.25) is 18.7 Å². The quantitative estimate of drug-likeness (QED) is 0.536. The van der Waals surface area contributed by atoms with Crippen LogP contribution in [0.25, 0.3) is 5.69 Å². The molecule has 2 amide bonds. The number of nitrogens with one attached hydrogen (secondary N) is 1. The van der Waals surface area contributed by atoms with Gasteiger partial charge in [-0.15, -0.1) is 0 Å². The smallest absolute Gasteiger partial charge is 0.333 e. The monoisotopic (exact) mass is 516 g/mol. The molecule has 0 atom stereocenters. The van der Waals surface area contributed by atoms with Gasteiger partial charge < -0.3 is 15.0 Å². The molecule has 0 radical (unpaired) electrons. The summed E-state index contributed by atoms with van der Waals surface area (Å²) in [4.78, 5) is 41.6. The van der Waals surface area contributed by atoms with Crippen molar-refractivity contribution in [3.63, 3.8) is 0 Å². The van der Waals surface area contributed by atoms with E-state index in [1.807, 2.05) is 13.8 Å². The highest BCUT2D eigenvalue weighted by molar-refractivity contribution is 6.42. The molecule has 8 nitrogen and oxygen atoms in total. The van der Waals surface area contributed by atoms with Crippen molar-refractivity contribution in [2.24, 2.45) is 5.92 Å². The average Bonchev–Trinajstić information content (AvgIpc) is 3.15. The summed E-state index contributed by atoms with van der Waals surface area (Å²) in [6.07, 6.45) is 0. The summed E-state index contributed by atoms with van der Waals surface area (Å²) in [7, 11) is 1.56. The van der Waals surface area contributed by atoms with Crippen LogP contribution in [-0.2, 0) is 13.1 Å². The molecule has 0 spiro atoms. The zero-order valence-corrected chi connectivity index (χ0v) is 21.2. The van der Waals surface area contributed by atoms with Crippen LogP contribution in [0.4, 0.5) is 0 Å². The molecule has 0 bridgehead atoms. The van der Waals surface area contributed by atoms with Gasteiger partial charge in [-0.1, -0.05) is 37.0 Å². The zero-order valence-electron chi connectivity index (χ0n) is 19.7. The molecule has 1 N–H and O–H groups in total. The number of nitrogens with zero attached hydrogens (tertiary/aromatic N) is 3. The van der Waals surface area contributed by atoms with Gasteiger partial charge in [-0.2, -0.15) is 0 Å². The number of carbonyl (C=O) groups is 2. The van der Waals surface area contributed by atoms with Gasteiger partial charge in [0.15, 0.2) is 0 Å². The van der Waals surface area contributed by atoms with Gasteiger partial charge in [0.05, 0.1) is 35.1 Å². The van der Waals surface area contributed by atoms with Gasteiger partial charge in [0.25, 0.3) is 11.8 Å². The number of imidazole rings is 1. The fraction of sp³-hybridized carbons (Fsp3) is 0.320. The van der Waals surface area contributed by atoms with Crippen molar-refractivity contribution in [2.45, 2.75) is 26.9 Å². The molecule has 1 aliphatic rings. The van der Waals surface area contributed by atoms with E-state index in [1.165, 1.54) is 10.6 Å². The first kappa shape index (κ1) is 24.9. The Morgan fingerprint density at radius 1 is 1.06 bits per heavy atom. The van der Waals surface area contributed by atoms with Gasteiger partial charge in [0.1, 0.15) is 11.4 Å². The van der Waals surface area contributed by atoms with E-state index in [-0.39, 0.29) is 47.2 Å². The molecule has 1 aliphatic heterocycles. The number of rotatable bonds is 6. The fourth-order valence-electron chi connectivity index (χ4n) is 4.03. The van der Waals surface area contributed by atoms with Gasteiger partial charge in [-0.25, -0.2) is 4.79 Å². The third-order valence-electron chi connectivity index (χ3n) is 5.85. The molecule has 0 saturated carbocycles. The second kappa shape index (κ2) is 10.2. The normalized spacial score (nSPS) is 13.0. The molecule has 0 aliphatic carbocycles. The second-order valence-corrected chi connectivity index (χ2v) is 9.54. The van der Waals surface area contributed by atoms with E-state index in [2.05, 4.69) is 5.32 Å². The predicted molar refractivity (Wildman–Crippen MR) is 135 cm³/mol. The van der Waals surface area contributed by atoms with E-state index in [9.17, 15) is 14.4 Å². The molecular weight excluding hydrogens is 491 g/mol. The summed E-state index contributed by atoms with van der Waals surface area (Å²) in [5.74, 6) is 0.235. The lowest BCUT2D eigenvalue weighted by Gasteiger charge is -2.28. The lowest BCUT2D eigenvalue weighted by molar-refractivity contribution is 0.0706. The molecule has 35 heavy (non-hydrogen) atoms. The lowest BCUT2D eigenvalue weighted by Crippen LogP contribution is -2.41. The third-order valence-corrected chi connectivity index (χ3v) is 6.59. The maximum atomic E-state index is 13.4. The van der Waals surface area contributed by atoms with Crippen LogP contribution in [0.1, 0.15) is 40.4 Å². The van der Waals surface area contributed by atoms with Crippen molar-refractivity contribution in [1.82, 2.24) is 19.4 Å². The van der Waals surface area contributed by atoms with Crippen molar-refractivity contribution < 1.29 is 14.3 Å². The predicted octanol–water partition coefficient (Wildman–Crippen LogP) is 4.00. The van der Waals surface area contributed by atoms with E-state index in [4.69, 9.17) is 27.9 Å². The Hall–Kier alpha value is -3.23. The minimum Gasteiger partial charge on any atom is -0.497 e. The van der Waals surface area contributed by atoms with Crippen LogP contribution in [0.2, 0.25) is 10.0 Å². The number of benzene rings is 2. The fourth-order valence-corrected chi connectivity index (χ4v) is 4.33. The van der Waals surface area contributed by atoms with Crippen molar-refractivity contribution >= 4 is 35.0 Å². The molecule has 0 unspecified atom stereocenters. The Bertz CT molecular complexity index is 1330. The zero-order chi connectivity index (χ0) is 25.3. The summed E-state index contributed by atoms with van der Waals surface area (Å²) in [6, 6.07) is 11.6. The number of halogens is 2. The molecule has 0 fully saturated rings. The molecule has 2 heterocycles. The van der Waals surface area contributed by atoms with Crippen LogP contribution in [0.15, 0.2) is 47.3 Å². The topological polar surface area (TPSA) is 85.6 Å². The number of ether oxygens (including phenoxy) is 1. The van der Waals surface area contributed by atoms with Crippen LogP contribution >= 0.6 is 23.2 Å². The van der Waals surface area contributed by atoms with Crippen molar-refractivity contribution in [3.05, 3.63) is 79.9 Å². The first-order valence-corrected chi connectivity index (χ1v) is 12.0. The molecule has 3 aromatic rings. The number of amides is 2. The first-order chi connectivity index (χ1) is 16.7. The Labute approximate surface area is 213 Å². The van der Waals surface area contributed by atoms with Crippen LogP contribution in [0.3, 0.4) is 0 Å². The van der Waals surface area contributed by atoms with Crippen LogP contribution in [-0.4, -0.2) is 46.0 Å². The number of fused-ring (bicyclic) bond motifs is 1. The van der Waals surface area contributed by atoms with Crippen LogP contribution in [0, 0.1) is 5.92 Å². The van der Waals surface area contributed by atoms with E-state index in [1.54, 1.807) is 53.0 Å². The van der Waals surface area contributed by atoms with E-state index < -0.39 is 0 Å². The molecule has 0 saturated heterocycles. The highest BCUT2D eigenvalue weighted by Crippen LogP contribution is 2.26. The van der Waals surface area contributed by atoms with Crippen LogP contribution < -0.4 is 15.7 Å². The van der Waals surface area contributed by atoms with Crippen molar-refractivity contribution in [3.8, 4) is 11.4 Å². The van der Waals surface area contributed by atoms with E-state index in [0.29, 0.717) is 40.8 Å². The molecule has 184 valence electrons. The van der Waals surface area contributed by atoms with E-state index in [0.717, 1.165) is 0 Å². The van der Waals surface area contributed by atoms with Gasteiger partial charge in [0.2, 0.25) is 0 Å². The van der Waals surface area contributed by atoms with Crippen LogP contribution in [0.5, 0.6) is 5.75 Å². The SMILES string of the molecule is COc1ccc(-n2c(C(=O)NCC(C)C)c3n(c2=O)CCN(C(=O)c2ccc(Cl)c(Cl)c2)C3)cc1. The number of methoxy groups -OCH3 is 1. The Kier molecular flexibility index (Phi) is 7.23. The Morgan fingerprint density at radius 2 is 1.77 bits per heavy atom. The summed E-state index contributed by atoms with van der Waals surface area (Å²) >= 11 is 12.1. The third kappa shape index (κ3) is 4.94. The number of hydrogen-bond donors (Lipinski definition) is 1. The molecule has 10 heteroatoms. The average molecular weight is 517 g/mol. The van der Waals surface area contributed by atoms with Gasteiger partial charge in [0, 0.05) is 25.2 Å². The maximum Gasteiger partial charge on any atom is 0.333 e. The summed E-state index contributed by atoms with van der Waals surface area (Å²) in [6.45, 7) is 5.10. The summed E-state index contributed by atoms with van der Waals surface area (Å²) in [5, 5.41) is 3.55. The Balaban J connectivity index is 1.76. The Morgan fingerprint density at radius 3 is 2.40 bits per heavy atom. The van der Waals surface area contributed by atoms with Gasteiger partial charge in [-0.05, 0) is 48.4 Å². The molecular formula is C25H26Cl2N4O4. The minimum absolute atomic E-state index is 0.0991. The summed E-state index contributed by atoms with van der Waals surface area (Å²) < 4.78 is 8.19. The number of hydrogen-bond acceptors (Lipinski definition) is 4. The second-order valence-electron chi connectivity index (χ2n) is 8.72. The van der Waals surface area contributed by atoms with E-state index >= 15 is 0 Å². The van der Waals surface area contributed by atoms with Gasteiger partial charge >= 0.3 is 5.69 Å². The minimum atomic E-state index is -0.371. The standard InChI is InChI=1S/C25H26Cl2N4O4/c1-15(2)13-28-23(32)22-21-14-29(24(33)16-4-9-19(26)20(27)12-16)10-11-30(21)25(34)31(22)17-5-7-18(35-3)8-6-17/h4-9,12,15H,10-11,13-14H2,1-3H3,(H,28,32). The number of carbonyl (C=O) groups excluding carboxylic acids is 2. The lowest BCUT2D eigenvalue weighted by atomic mass is 10.1.